The van der Waals surface area contributed by atoms with E-state index in [2.05, 4.69) is 17.2 Å². The lowest BCUT2D eigenvalue weighted by atomic mass is 10.1. The molecule has 0 aliphatic heterocycles. The quantitative estimate of drug-likeness (QED) is 0.303. The average Bonchev–Trinajstić information content (AvgIpc) is 3.45. The van der Waals surface area contributed by atoms with E-state index in [9.17, 15) is 9.59 Å². The lowest BCUT2D eigenvalue weighted by Gasteiger charge is -2.26. The number of anilines is 1. The molecule has 3 aromatic heterocycles. The van der Waals surface area contributed by atoms with E-state index in [1.165, 1.54) is 11.5 Å². The van der Waals surface area contributed by atoms with Crippen LogP contribution in [0.4, 0.5) is 14.6 Å². The van der Waals surface area contributed by atoms with E-state index in [-0.39, 0.29) is 12.0 Å². The monoisotopic (exact) mass is 575 g/mol. The molecule has 10 heteroatoms. The maximum Gasteiger partial charge on any atom is 0.415 e. The second kappa shape index (κ2) is 12.1. The van der Waals surface area contributed by atoms with Crippen molar-refractivity contribution in [1.29, 1.82) is 0 Å². The van der Waals surface area contributed by atoms with Gasteiger partial charge in [0.25, 0.3) is 0 Å². The molecule has 38 heavy (non-hydrogen) atoms. The molecule has 1 atom stereocenters. The summed E-state index contributed by atoms with van der Waals surface area (Å²) in [6.07, 6.45) is -0.311. The number of carbonyl (C=O) groups is 2. The van der Waals surface area contributed by atoms with Crippen LogP contribution in [0.25, 0.3) is 10.2 Å². The van der Waals surface area contributed by atoms with Crippen LogP contribution >= 0.6 is 34.2 Å². The second-order valence-corrected chi connectivity index (χ2v) is 14.3. The Morgan fingerprint density at radius 2 is 1.79 bits per heavy atom. The van der Waals surface area contributed by atoms with Gasteiger partial charge in [0.15, 0.2) is 0 Å². The average molecular weight is 576 g/mol. The first kappa shape index (κ1) is 29.9. The Labute approximate surface area is 237 Å². The predicted molar refractivity (Wildman–Crippen MR) is 158 cm³/mol. The Bertz CT molecular complexity index is 1320. The highest BCUT2D eigenvalue weighted by atomic mass is 32.1. The summed E-state index contributed by atoms with van der Waals surface area (Å²) in [5.41, 5.74) is 0.420. The minimum Gasteiger partial charge on any atom is -0.444 e. The molecule has 2 amide bonds. The van der Waals surface area contributed by atoms with Crippen molar-refractivity contribution in [3.63, 3.8) is 0 Å². The zero-order valence-electron chi connectivity index (χ0n) is 23.6. The summed E-state index contributed by atoms with van der Waals surface area (Å²) in [6.45, 7) is 17.5. The summed E-state index contributed by atoms with van der Waals surface area (Å²) >= 11 is 4.43. The van der Waals surface area contributed by atoms with E-state index in [1.807, 2.05) is 79.8 Å². The van der Waals surface area contributed by atoms with E-state index >= 15 is 0 Å². The topological polar surface area (TPSA) is 80.8 Å². The molecule has 0 aliphatic rings. The highest BCUT2D eigenvalue weighted by Gasteiger charge is 2.29. The van der Waals surface area contributed by atoms with Crippen molar-refractivity contribution < 1.29 is 19.1 Å². The molecule has 206 valence electrons. The molecule has 0 saturated carbocycles. The molecular weight excluding hydrogens is 539 g/mol. The fourth-order valence-corrected chi connectivity index (χ4v) is 6.46. The molecule has 0 saturated heterocycles. The first-order chi connectivity index (χ1) is 17.6. The van der Waals surface area contributed by atoms with Crippen molar-refractivity contribution in [1.82, 2.24) is 9.69 Å². The Morgan fingerprint density at radius 3 is 2.37 bits per heavy atom. The van der Waals surface area contributed by atoms with E-state index in [0.29, 0.717) is 13.0 Å². The number of alkyl carbamates (subject to hydrolysis) is 1. The maximum absolute atomic E-state index is 13.3. The summed E-state index contributed by atoms with van der Waals surface area (Å²) in [6, 6.07) is 3.79. The van der Waals surface area contributed by atoms with Crippen LogP contribution in [0.2, 0.25) is 0 Å². The first-order valence-electron chi connectivity index (χ1n) is 12.6. The van der Waals surface area contributed by atoms with Crippen molar-refractivity contribution in [2.75, 3.05) is 4.90 Å². The van der Waals surface area contributed by atoms with Gasteiger partial charge in [0.1, 0.15) is 21.7 Å². The molecule has 0 spiro atoms. The number of amides is 2. The van der Waals surface area contributed by atoms with E-state index < -0.39 is 23.4 Å². The Hall–Kier alpha value is -2.61. The molecule has 0 bridgehead atoms. The number of carbonyl (C=O) groups excluding carboxylic acids is 2. The van der Waals surface area contributed by atoms with Crippen LogP contribution in [-0.2, 0) is 22.4 Å². The van der Waals surface area contributed by atoms with Crippen molar-refractivity contribution in [3.8, 4) is 11.8 Å². The normalized spacial score (nSPS) is 12.7. The molecule has 0 fully saturated rings. The predicted octanol–water partition coefficient (Wildman–Crippen LogP) is 7.82. The summed E-state index contributed by atoms with van der Waals surface area (Å²) < 4.78 is 16.8. The fourth-order valence-electron chi connectivity index (χ4n) is 3.42. The van der Waals surface area contributed by atoms with Gasteiger partial charge in [-0.15, -0.1) is 22.7 Å². The lowest BCUT2D eigenvalue weighted by Crippen LogP contribution is -2.38. The highest BCUT2D eigenvalue weighted by Crippen LogP contribution is 2.42. The van der Waals surface area contributed by atoms with Crippen LogP contribution in [0.15, 0.2) is 17.5 Å². The lowest BCUT2D eigenvalue weighted by molar-refractivity contribution is 0.0507. The van der Waals surface area contributed by atoms with Gasteiger partial charge in [0.05, 0.1) is 16.8 Å². The summed E-state index contributed by atoms with van der Waals surface area (Å²) in [5.74, 6) is 6.77. The van der Waals surface area contributed by atoms with Crippen molar-refractivity contribution in [2.24, 2.45) is 5.92 Å². The first-order valence-corrected chi connectivity index (χ1v) is 15.0. The van der Waals surface area contributed by atoms with Gasteiger partial charge in [-0.2, -0.15) is 4.37 Å². The Balaban J connectivity index is 2.01. The van der Waals surface area contributed by atoms with Crippen LogP contribution in [0.5, 0.6) is 0 Å². The number of aromatic nitrogens is 1. The zero-order chi connectivity index (χ0) is 28.3. The van der Waals surface area contributed by atoms with Gasteiger partial charge in [0, 0.05) is 28.1 Å². The molecule has 3 rings (SSSR count). The number of rotatable bonds is 6. The number of ether oxygens (including phenoxy) is 2. The van der Waals surface area contributed by atoms with Gasteiger partial charge in [-0.1, -0.05) is 31.8 Å². The maximum atomic E-state index is 13.3. The molecule has 3 aromatic rings. The third-order valence-corrected chi connectivity index (χ3v) is 7.94. The molecule has 0 aliphatic carbocycles. The number of fused-ring (bicyclic) bond motifs is 1. The van der Waals surface area contributed by atoms with E-state index in [4.69, 9.17) is 13.8 Å². The SMILES string of the molecule is CC(C)C#Cc1c(C[C@H](C)NC(=O)OC(C)(C)C)sc2c(N(Cc3cccs3)C(=O)OC(C)(C)C)snc12. The fraction of sp³-hybridized carbons (Fsp3) is 0.536. The van der Waals surface area contributed by atoms with E-state index in [0.717, 1.165) is 30.5 Å². The highest BCUT2D eigenvalue weighted by molar-refractivity contribution is 7.25. The molecule has 0 unspecified atom stereocenters. The van der Waals surface area contributed by atoms with Gasteiger partial charge >= 0.3 is 12.2 Å². The number of nitrogens with one attached hydrogen (secondary N) is 1. The molecule has 0 aromatic carbocycles. The minimum absolute atomic E-state index is 0.185. The smallest absolute Gasteiger partial charge is 0.415 e. The van der Waals surface area contributed by atoms with Gasteiger partial charge in [0.2, 0.25) is 0 Å². The Kier molecular flexibility index (Phi) is 9.50. The third kappa shape index (κ3) is 8.45. The largest absolute Gasteiger partial charge is 0.444 e. The van der Waals surface area contributed by atoms with Gasteiger partial charge < -0.3 is 14.8 Å². The van der Waals surface area contributed by atoms with E-state index in [1.54, 1.807) is 27.6 Å². The van der Waals surface area contributed by atoms with Crippen LogP contribution in [0, 0.1) is 17.8 Å². The summed E-state index contributed by atoms with van der Waals surface area (Å²) in [4.78, 5) is 29.4. The summed E-state index contributed by atoms with van der Waals surface area (Å²) in [5, 5.41) is 5.65. The van der Waals surface area contributed by atoms with Crippen LogP contribution in [-0.4, -0.2) is 33.8 Å². The standard InChI is InChI=1S/C28H37N3O4S3/c1-17(2)12-13-20-21(15-18(3)29-25(32)34-27(4,5)6)37-23-22(20)30-38-24(23)31(16-19-11-10-14-36-19)26(33)35-28(7,8)9/h10-11,14,17-18H,15-16H2,1-9H3,(H,29,32)/t18-/m0/s1. The number of nitrogens with zero attached hydrogens (tertiary/aromatic N) is 2. The zero-order valence-corrected chi connectivity index (χ0v) is 26.0. The third-order valence-electron chi connectivity index (χ3n) is 4.87. The summed E-state index contributed by atoms with van der Waals surface area (Å²) in [7, 11) is 0. The number of thiophene rings is 2. The molecule has 7 nitrogen and oxygen atoms in total. The van der Waals surface area contributed by atoms with Crippen molar-refractivity contribution in [2.45, 2.75) is 92.5 Å². The second-order valence-electron chi connectivity index (χ2n) is 11.4. The molecule has 0 radical (unpaired) electrons. The number of hydrogen-bond donors (Lipinski definition) is 1. The van der Waals surface area contributed by atoms with Gasteiger partial charge in [-0.05, 0) is 71.4 Å². The van der Waals surface area contributed by atoms with Gasteiger partial charge in [-0.3, -0.25) is 4.90 Å². The van der Waals surface area contributed by atoms with Crippen LogP contribution in [0.1, 0.15) is 77.6 Å². The minimum atomic E-state index is -0.633. The van der Waals surface area contributed by atoms with Crippen molar-refractivity contribution in [3.05, 3.63) is 32.8 Å². The molecule has 3 heterocycles. The molecule has 1 N–H and O–H groups in total. The Morgan fingerprint density at radius 1 is 1.11 bits per heavy atom. The van der Waals surface area contributed by atoms with Gasteiger partial charge in [-0.25, -0.2) is 9.59 Å². The van der Waals surface area contributed by atoms with Crippen LogP contribution in [0.3, 0.4) is 0 Å². The molecular formula is C28H37N3O4S3. The van der Waals surface area contributed by atoms with Crippen LogP contribution < -0.4 is 10.2 Å². The van der Waals surface area contributed by atoms with Crippen molar-refractivity contribution >= 4 is 61.6 Å². The number of hydrogen-bond acceptors (Lipinski definition) is 8.